The lowest BCUT2D eigenvalue weighted by molar-refractivity contribution is -0.117. The molecule has 8 heteroatoms. The first-order chi connectivity index (χ1) is 12.5. The first-order valence-corrected chi connectivity index (χ1v) is 8.29. The van der Waals surface area contributed by atoms with Gasteiger partial charge in [0.25, 0.3) is 0 Å². The number of aromatic nitrogens is 4. The van der Waals surface area contributed by atoms with Crippen molar-refractivity contribution >= 4 is 39.7 Å². The van der Waals surface area contributed by atoms with E-state index in [1.54, 1.807) is 24.3 Å². The summed E-state index contributed by atoms with van der Waals surface area (Å²) in [5.41, 5.74) is 2.34. The van der Waals surface area contributed by atoms with Crippen LogP contribution in [0.2, 0.25) is 5.02 Å². The van der Waals surface area contributed by atoms with Crippen molar-refractivity contribution in [3.05, 3.63) is 69.9 Å². The first kappa shape index (κ1) is 16.3. The van der Waals surface area contributed by atoms with Crippen molar-refractivity contribution in [2.24, 2.45) is 0 Å². The zero-order valence-corrected chi connectivity index (χ0v) is 14.6. The molecular formula is C18H14ClN5O2. The van der Waals surface area contributed by atoms with Crippen molar-refractivity contribution < 1.29 is 4.79 Å². The van der Waals surface area contributed by atoms with Gasteiger partial charge in [-0.05, 0) is 42.8 Å². The Bertz CT molecular complexity index is 1210. The number of fused-ring (bicyclic) bond motifs is 3. The summed E-state index contributed by atoms with van der Waals surface area (Å²) in [6, 6.07) is 12.6. The van der Waals surface area contributed by atoms with Gasteiger partial charge in [-0.2, -0.15) is 0 Å². The molecule has 2 aromatic heterocycles. The first-order valence-electron chi connectivity index (χ1n) is 7.91. The predicted molar refractivity (Wildman–Crippen MR) is 99.6 cm³/mol. The molecule has 0 saturated heterocycles. The lowest BCUT2D eigenvalue weighted by Gasteiger charge is -2.05. The molecule has 1 N–H and O–H groups in total. The fraction of sp³-hybridized carbons (Fsp3) is 0.111. The number of carbonyl (C=O) groups excluding carboxylic acids is 1. The van der Waals surface area contributed by atoms with Gasteiger partial charge >= 0.3 is 5.69 Å². The smallest absolute Gasteiger partial charge is 0.324 e. The van der Waals surface area contributed by atoms with Gasteiger partial charge in [0, 0.05) is 16.1 Å². The number of aryl methyl sites for hydroxylation is 1. The maximum Gasteiger partial charge on any atom is 0.352 e. The van der Waals surface area contributed by atoms with Crippen LogP contribution in [-0.4, -0.2) is 25.1 Å². The summed E-state index contributed by atoms with van der Waals surface area (Å²) in [5.74, 6) is -0.337. The number of hydrogen-bond acceptors (Lipinski definition) is 4. The van der Waals surface area contributed by atoms with E-state index < -0.39 is 5.69 Å². The van der Waals surface area contributed by atoms with E-state index in [0.717, 1.165) is 10.2 Å². The van der Waals surface area contributed by atoms with Crippen molar-refractivity contribution in [2.75, 3.05) is 5.32 Å². The largest absolute Gasteiger partial charge is 0.352 e. The van der Waals surface area contributed by atoms with Gasteiger partial charge in [0.05, 0.1) is 5.52 Å². The number of carbonyl (C=O) groups is 1. The van der Waals surface area contributed by atoms with Crippen LogP contribution in [0.15, 0.2) is 53.6 Å². The van der Waals surface area contributed by atoms with Gasteiger partial charge in [-0.25, -0.2) is 18.9 Å². The van der Waals surface area contributed by atoms with Crippen LogP contribution in [0.1, 0.15) is 5.56 Å². The number of halogens is 1. The maximum atomic E-state index is 12.5. The molecule has 0 aliphatic carbocycles. The Balaban J connectivity index is 1.69. The molecule has 0 fully saturated rings. The van der Waals surface area contributed by atoms with Crippen LogP contribution in [-0.2, 0) is 11.3 Å². The molecule has 26 heavy (non-hydrogen) atoms. The summed E-state index contributed by atoms with van der Waals surface area (Å²) in [4.78, 5) is 29.0. The summed E-state index contributed by atoms with van der Waals surface area (Å²) >= 11 is 6.04. The quantitative estimate of drug-likeness (QED) is 0.603. The lowest BCUT2D eigenvalue weighted by atomic mass is 10.2. The van der Waals surface area contributed by atoms with Crippen LogP contribution in [0.5, 0.6) is 0 Å². The molecule has 2 aromatic carbocycles. The van der Waals surface area contributed by atoms with E-state index in [9.17, 15) is 9.59 Å². The number of amides is 1. The van der Waals surface area contributed by atoms with Crippen molar-refractivity contribution in [1.29, 1.82) is 0 Å². The molecule has 1 amide bonds. The second kappa shape index (κ2) is 6.27. The monoisotopic (exact) mass is 367 g/mol. The third-order valence-electron chi connectivity index (χ3n) is 3.98. The molecule has 4 aromatic rings. The zero-order chi connectivity index (χ0) is 18.3. The number of nitrogens with one attached hydrogen (secondary N) is 1. The van der Waals surface area contributed by atoms with Gasteiger partial charge in [0.2, 0.25) is 5.91 Å². The fourth-order valence-corrected chi connectivity index (χ4v) is 2.96. The summed E-state index contributed by atoms with van der Waals surface area (Å²) < 4.78 is 2.42. The minimum absolute atomic E-state index is 0.198. The molecule has 0 radical (unpaired) electrons. The van der Waals surface area contributed by atoms with Crippen LogP contribution in [0.3, 0.4) is 0 Å². The third kappa shape index (κ3) is 2.93. The molecule has 0 bridgehead atoms. The Morgan fingerprint density at radius 2 is 2.08 bits per heavy atom. The van der Waals surface area contributed by atoms with Gasteiger partial charge in [-0.1, -0.05) is 23.7 Å². The molecule has 4 rings (SSSR count). The molecule has 0 saturated carbocycles. The van der Waals surface area contributed by atoms with E-state index in [-0.39, 0.29) is 12.5 Å². The average Bonchev–Trinajstić information content (AvgIpc) is 2.91. The predicted octanol–water partition coefficient (Wildman–Crippen LogP) is 2.64. The fourth-order valence-electron chi connectivity index (χ4n) is 2.79. The highest BCUT2D eigenvalue weighted by Crippen LogP contribution is 2.20. The van der Waals surface area contributed by atoms with Crippen molar-refractivity contribution in [3.63, 3.8) is 0 Å². The van der Waals surface area contributed by atoms with Crippen LogP contribution in [0, 0.1) is 6.92 Å². The van der Waals surface area contributed by atoms with Crippen LogP contribution < -0.4 is 11.0 Å². The van der Waals surface area contributed by atoms with E-state index in [1.165, 1.54) is 10.7 Å². The highest BCUT2D eigenvalue weighted by Gasteiger charge is 2.14. The standard InChI is InChI=1S/C18H14ClN5O2/c1-11-3-2-4-13(7-11)21-16(25)9-24-18(26)23-10-20-15-6-5-12(19)8-14(15)17(23)22-24/h2-8,10H,9H2,1H3,(H,21,25). The summed E-state index contributed by atoms with van der Waals surface area (Å²) in [6.07, 6.45) is 1.40. The highest BCUT2D eigenvalue weighted by molar-refractivity contribution is 6.31. The van der Waals surface area contributed by atoms with Gasteiger partial charge in [-0.3, -0.25) is 4.79 Å². The molecular weight excluding hydrogens is 354 g/mol. The second-order valence-corrected chi connectivity index (χ2v) is 6.39. The minimum atomic E-state index is -0.436. The molecule has 0 aliphatic heterocycles. The number of anilines is 1. The summed E-state index contributed by atoms with van der Waals surface area (Å²) in [7, 11) is 0. The summed E-state index contributed by atoms with van der Waals surface area (Å²) in [6.45, 7) is 1.74. The average molecular weight is 368 g/mol. The highest BCUT2D eigenvalue weighted by atomic mass is 35.5. The van der Waals surface area contributed by atoms with Crippen molar-refractivity contribution in [2.45, 2.75) is 13.5 Å². The molecule has 0 spiro atoms. The number of nitrogens with zero attached hydrogens (tertiary/aromatic N) is 4. The Morgan fingerprint density at radius 3 is 2.88 bits per heavy atom. The Hall–Kier alpha value is -3.19. The van der Waals surface area contributed by atoms with Crippen LogP contribution in [0.4, 0.5) is 5.69 Å². The van der Waals surface area contributed by atoms with E-state index in [4.69, 9.17) is 11.6 Å². The Morgan fingerprint density at radius 1 is 1.23 bits per heavy atom. The van der Waals surface area contributed by atoms with Gasteiger partial charge < -0.3 is 5.32 Å². The molecule has 0 unspecified atom stereocenters. The van der Waals surface area contributed by atoms with Gasteiger partial charge in [0.1, 0.15) is 12.9 Å². The number of rotatable bonds is 3. The molecule has 0 atom stereocenters. The number of hydrogen-bond donors (Lipinski definition) is 1. The van der Waals surface area contributed by atoms with Gasteiger partial charge in [-0.15, -0.1) is 5.10 Å². The Kier molecular flexibility index (Phi) is 3.93. The normalized spacial score (nSPS) is 11.2. The van der Waals surface area contributed by atoms with E-state index in [2.05, 4.69) is 15.4 Å². The van der Waals surface area contributed by atoms with Gasteiger partial charge in [0.15, 0.2) is 5.65 Å². The van der Waals surface area contributed by atoms with Crippen molar-refractivity contribution in [1.82, 2.24) is 19.2 Å². The summed E-state index contributed by atoms with van der Waals surface area (Å²) in [5, 5.41) is 8.22. The second-order valence-electron chi connectivity index (χ2n) is 5.96. The molecule has 2 heterocycles. The molecule has 7 nitrogen and oxygen atoms in total. The Labute approximate surface area is 152 Å². The number of benzene rings is 2. The zero-order valence-electron chi connectivity index (χ0n) is 13.8. The molecule has 0 aliphatic rings. The maximum absolute atomic E-state index is 12.5. The van der Waals surface area contributed by atoms with E-state index >= 15 is 0 Å². The van der Waals surface area contributed by atoms with Crippen LogP contribution in [0.25, 0.3) is 16.6 Å². The van der Waals surface area contributed by atoms with Crippen molar-refractivity contribution in [3.8, 4) is 0 Å². The van der Waals surface area contributed by atoms with E-state index in [1.807, 2.05) is 25.1 Å². The topological polar surface area (TPSA) is 81.3 Å². The third-order valence-corrected chi connectivity index (χ3v) is 4.21. The molecule has 130 valence electrons. The SMILES string of the molecule is Cc1cccc(NC(=O)Cn2nc3c4cc(Cl)ccc4ncn3c2=O)c1. The van der Waals surface area contributed by atoms with Crippen LogP contribution >= 0.6 is 11.6 Å². The van der Waals surface area contributed by atoms with E-state index in [0.29, 0.717) is 27.3 Å². The minimum Gasteiger partial charge on any atom is -0.324 e. The lowest BCUT2D eigenvalue weighted by Crippen LogP contribution is -2.28.